The fourth-order valence-corrected chi connectivity index (χ4v) is 4.98. The first-order valence-electron chi connectivity index (χ1n) is 7.79. The summed E-state index contributed by atoms with van der Waals surface area (Å²) in [7, 11) is 0. The summed E-state index contributed by atoms with van der Waals surface area (Å²) in [5.74, 6) is 1.59. The predicted molar refractivity (Wildman–Crippen MR) is 97.9 cm³/mol. The van der Waals surface area contributed by atoms with Gasteiger partial charge < -0.3 is 5.73 Å². The molecule has 23 heavy (non-hydrogen) atoms. The SMILES string of the molecule is C[C@]12N=C(N)SC[C@H]1CCc1ccc(-c3cncc(Cl)c3)cc12. The molecular weight excluding hydrogens is 326 g/mol. The first-order valence-corrected chi connectivity index (χ1v) is 9.15. The van der Waals surface area contributed by atoms with Crippen LogP contribution in [0.1, 0.15) is 24.5 Å². The van der Waals surface area contributed by atoms with E-state index in [1.54, 1.807) is 18.0 Å². The Morgan fingerprint density at radius 2 is 2.13 bits per heavy atom. The second-order valence-electron chi connectivity index (χ2n) is 6.41. The quantitative estimate of drug-likeness (QED) is 0.842. The van der Waals surface area contributed by atoms with Crippen molar-refractivity contribution in [3.63, 3.8) is 0 Å². The van der Waals surface area contributed by atoms with Gasteiger partial charge in [0.2, 0.25) is 0 Å². The van der Waals surface area contributed by atoms with E-state index in [0.29, 0.717) is 16.1 Å². The maximum Gasteiger partial charge on any atom is 0.154 e. The Balaban J connectivity index is 1.86. The summed E-state index contributed by atoms with van der Waals surface area (Å²) in [5, 5.41) is 1.35. The largest absolute Gasteiger partial charge is 0.379 e. The van der Waals surface area contributed by atoms with Crippen molar-refractivity contribution in [2.45, 2.75) is 25.3 Å². The van der Waals surface area contributed by atoms with Gasteiger partial charge in [-0.2, -0.15) is 0 Å². The number of aromatic nitrogens is 1. The van der Waals surface area contributed by atoms with Crippen molar-refractivity contribution < 1.29 is 0 Å². The zero-order valence-corrected chi connectivity index (χ0v) is 14.5. The fraction of sp³-hybridized carbons (Fsp3) is 0.333. The van der Waals surface area contributed by atoms with Crippen LogP contribution in [0.5, 0.6) is 0 Å². The number of thioether (sulfide) groups is 1. The molecule has 1 aromatic carbocycles. The number of fused-ring (bicyclic) bond motifs is 3. The third kappa shape index (κ3) is 2.54. The number of halogens is 1. The molecule has 0 unspecified atom stereocenters. The van der Waals surface area contributed by atoms with Gasteiger partial charge in [0.1, 0.15) is 0 Å². The lowest BCUT2D eigenvalue weighted by Gasteiger charge is -2.42. The van der Waals surface area contributed by atoms with Gasteiger partial charge in [-0.05, 0) is 54.5 Å². The van der Waals surface area contributed by atoms with E-state index < -0.39 is 0 Å². The molecule has 1 aromatic heterocycles. The van der Waals surface area contributed by atoms with Gasteiger partial charge in [0.15, 0.2) is 5.17 Å². The second kappa shape index (κ2) is 5.53. The summed E-state index contributed by atoms with van der Waals surface area (Å²) < 4.78 is 0. The first kappa shape index (κ1) is 15.0. The number of pyridine rings is 1. The number of rotatable bonds is 1. The van der Waals surface area contributed by atoms with Crippen molar-refractivity contribution in [1.29, 1.82) is 0 Å². The molecule has 2 heterocycles. The summed E-state index contributed by atoms with van der Waals surface area (Å²) in [4.78, 5) is 9.05. The Labute approximate surface area is 145 Å². The van der Waals surface area contributed by atoms with Crippen molar-refractivity contribution in [3.05, 3.63) is 52.8 Å². The Kier molecular flexibility index (Phi) is 3.62. The van der Waals surface area contributed by atoms with Crippen LogP contribution in [0.3, 0.4) is 0 Å². The van der Waals surface area contributed by atoms with E-state index in [2.05, 4.69) is 30.1 Å². The van der Waals surface area contributed by atoms with Crippen molar-refractivity contribution in [2.75, 3.05) is 5.75 Å². The van der Waals surface area contributed by atoms with Crippen LogP contribution in [0.15, 0.2) is 41.7 Å². The van der Waals surface area contributed by atoms with Crippen LogP contribution in [-0.2, 0) is 12.0 Å². The minimum Gasteiger partial charge on any atom is -0.379 e. The maximum atomic E-state index is 6.09. The van der Waals surface area contributed by atoms with Gasteiger partial charge in [0, 0.05) is 23.7 Å². The highest BCUT2D eigenvalue weighted by molar-refractivity contribution is 8.13. The summed E-state index contributed by atoms with van der Waals surface area (Å²) in [6, 6.07) is 8.58. The standard InChI is InChI=1S/C18H18ClN3S/c1-18-14(10-23-17(20)22-18)5-4-11-2-3-12(7-16(11)18)13-6-15(19)9-21-8-13/h2-3,6-9,14H,4-5,10H2,1H3,(H2,20,22)/t14-,18+/m1/s1. The zero-order valence-electron chi connectivity index (χ0n) is 12.9. The van der Waals surface area contributed by atoms with Gasteiger partial charge in [-0.15, -0.1) is 0 Å². The molecule has 0 bridgehead atoms. The number of hydrogen-bond acceptors (Lipinski definition) is 4. The average molecular weight is 344 g/mol. The molecule has 0 fully saturated rings. The van der Waals surface area contributed by atoms with Crippen LogP contribution in [0.2, 0.25) is 5.02 Å². The van der Waals surface area contributed by atoms with Crippen LogP contribution in [0.25, 0.3) is 11.1 Å². The molecule has 0 amide bonds. The molecule has 3 nitrogen and oxygen atoms in total. The number of nitrogens with zero attached hydrogens (tertiary/aromatic N) is 2. The smallest absolute Gasteiger partial charge is 0.154 e. The number of nitrogens with two attached hydrogens (primary N) is 1. The van der Waals surface area contributed by atoms with Crippen molar-refractivity contribution in [3.8, 4) is 11.1 Å². The molecule has 4 rings (SSSR count). The summed E-state index contributed by atoms with van der Waals surface area (Å²) >= 11 is 7.77. The highest BCUT2D eigenvalue weighted by Crippen LogP contribution is 2.47. The first-order chi connectivity index (χ1) is 11.1. The number of amidine groups is 1. The van der Waals surface area contributed by atoms with Gasteiger partial charge in [0.25, 0.3) is 0 Å². The molecule has 2 atom stereocenters. The number of hydrogen-bond donors (Lipinski definition) is 1. The van der Waals surface area contributed by atoms with Crippen molar-refractivity contribution in [2.24, 2.45) is 16.6 Å². The Morgan fingerprint density at radius 3 is 2.96 bits per heavy atom. The molecular formula is C18H18ClN3S. The van der Waals surface area contributed by atoms with Gasteiger partial charge >= 0.3 is 0 Å². The monoisotopic (exact) mass is 343 g/mol. The highest BCUT2D eigenvalue weighted by Gasteiger charge is 2.42. The van der Waals surface area contributed by atoms with E-state index in [1.165, 1.54) is 17.5 Å². The van der Waals surface area contributed by atoms with Crippen molar-refractivity contribution in [1.82, 2.24) is 4.98 Å². The number of aliphatic imine (C=N–C) groups is 1. The molecule has 0 spiro atoms. The van der Waals surface area contributed by atoms with Gasteiger partial charge in [-0.3, -0.25) is 9.98 Å². The molecule has 2 N–H and O–H groups in total. The predicted octanol–water partition coefficient (Wildman–Crippen LogP) is 4.24. The zero-order chi connectivity index (χ0) is 16.0. The van der Waals surface area contributed by atoms with Crippen LogP contribution >= 0.6 is 23.4 Å². The third-order valence-corrected chi connectivity index (χ3v) is 6.19. The van der Waals surface area contributed by atoms with Crippen molar-refractivity contribution >= 4 is 28.5 Å². The molecule has 5 heteroatoms. The Hall–Kier alpha value is -1.52. The van der Waals surface area contributed by atoms with E-state index in [9.17, 15) is 0 Å². The van der Waals surface area contributed by atoms with Gasteiger partial charge in [-0.25, -0.2) is 0 Å². The van der Waals surface area contributed by atoms with Gasteiger partial charge in [0.05, 0.1) is 10.6 Å². The van der Waals surface area contributed by atoms with E-state index in [0.717, 1.165) is 23.3 Å². The lowest BCUT2D eigenvalue weighted by Crippen LogP contribution is -2.41. The van der Waals surface area contributed by atoms with Crippen LogP contribution < -0.4 is 5.73 Å². The Bertz CT molecular complexity index is 805. The molecule has 1 aliphatic carbocycles. The molecule has 118 valence electrons. The topological polar surface area (TPSA) is 51.3 Å². The Morgan fingerprint density at radius 1 is 1.26 bits per heavy atom. The van der Waals surface area contributed by atoms with E-state index in [1.807, 2.05) is 12.3 Å². The molecule has 1 aliphatic heterocycles. The van der Waals surface area contributed by atoms with Crippen LogP contribution in [0.4, 0.5) is 0 Å². The highest BCUT2D eigenvalue weighted by atomic mass is 35.5. The van der Waals surface area contributed by atoms with E-state index in [4.69, 9.17) is 22.3 Å². The lowest BCUT2D eigenvalue weighted by atomic mass is 9.70. The molecule has 2 aromatic rings. The summed E-state index contributed by atoms with van der Waals surface area (Å²) in [6.45, 7) is 2.22. The fourth-order valence-electron chi connectivity index (χ4n) is 3.69. The average Bonchev–Trinajstić information content (AvgIpc) is 2.54. The normalized spacial score (nSPS) is 26.2. The minimum absolute atomic E-state index is 0.217. The molecule has 2 aliphatic rings. The summed E-state index contributed by atoms with van der Waals surface area (Å²) in [5.41, 5.74) is 10.7. The van der Waals surface area contributed by atoms with Gasteiger partial charge in [-0.1, -0.05) is 35.5 Å². The third-order valence-electron chi connectivity index (χ3n) is 5.03. The molecule has 0 radical (unpaired) electrons. The maximum absolute atomic E-state index is 6.09. The lowest BCUT2D eigenvalue weighted by molar-refractivity contribution is 0.292. The molecule has 0 saturated heterocycles. The number of aryl methyl sites for hydroxylation is 1. The van der Waals surface area contributed by atoms with E-state index in [-0.39, 0.29) is 5.54 Å². The van der Waals surface area contributed by atoms with Crippen LogP contribution in [0, 0.1) is 5.92 Å². The second-order valence-corrected chi connectivity index (χ2v) is 7.88. The number of benzene rings is 1. The summed E-state index contributed by atoms with van der Waals surface area (Å²) in [6.07, 6.45) is 5.79. The molecule has 0 saturated carbocycles. The van der Waals surface area contributed by atoms with E-state index >= 15 is 0 Å². The minimum atomic E-state index is -0.217. The van der Waals surface area contributed by atoms with Crippen LogP contribution in [-0.4, -0.2) is 15.9 Å².